The van der Waals surface area contributed by atoms with Crippen LogP contribution in [0.25, 0.3) is 0 Å². The van der Waals surface area contributed by atoms with Gasteiger partial charge in [-0.1, -0.05) is 29.8 Å². The highest BCUT2D eigenvalue weighted by atomic mass is 79.9. The lowest BCUT2D eigenvalue weighted by Gasteiger charge is -2.14. The number of nitrogens with zero attached hydrogens (tertiary/aromatic N) is 1. The van der Waals surface area contributed by atoms with E-state index in [-0.39, 0.29) is 15.4 Å². The zero-order chi connectivity index (χ0) is 13.0. The van der Waals surface area contributed by atoms with E-state index >= 15 is 0 Å². The zero-order valence-electron chi connectivity index (χ0n) is 10.1. The maximum Gasteiger partial charge on any atom is 0.272 e. The molecule has 0 aliphatic heterocycles. The molecule has 5 heteroatoms. The number of hydrogen-bond acceptors (Lipinski definition) is 3. The van der Waals surface area contributed by atoms with Crippen LogP contribution in [-0.2, 0) is 6.42 Å². The number of ether oxygens (including phenoxy) is 1. The van der Waals surface area contributed by atoms with Gasteiger partial charge in [0.2, 0.25) is 0 Å². The predicted octanol–water partition coefficient (Wildman–Crippen LogP) is 3.57. The first-order valence-electron chi connectivity index (χ1n) is 5.41. The van der Waals surface area contributed by atoms with Crippen LogP contribution in [0.5, 0.6) is 5.75 Å². The van der Waals surface area contributed by atoms with Gasteiger partial charge in [-0.3, -0.25) is 10.1 Å². The van der Waals surface area contributed by atoms with Crippen LogP contribution in [-0.4, -0.2) is 16.9 Å². The number of rotatable bonds is 5. The molecule has 1 unspecified atom stereocenters. The van der Waals surface area contributed by atoms with Crippen molar-refractivity contribution in [2.24, 2.45) is 5.92 Å². The Hall–Kier alpha value is -1.10. The number of hydrogen-bond donors (Lipinski definition) is 0. The molecule has 94 valence electrons. The second-order valence-corrected chi connectivity index (χ2v) is 5.39. The molecule has 0 aliphatic rings. The van der Waals surface area contributed by atoms with Gasteiger partial charge in [0.1, 0.15) is 5.75 Å². The molecule has 0 heterocycles. The van der Waals surface area contributed by atoms with E-state index < -0.39 is 0 Å². The standard InChI is InChI=1S/C12H16BrNO3/c1-8(2)11(13)7-9-6-10(17-3)4-5-12(9)14(15)16/h4-6,8,11H,7H2,1-3H3. The quantitative estimate of drug-likeness (QED) is 0.474. The molecule has 0 radical (unpaired) electrons. The van der Waals surface area contributed by atoms with E-state index in [2.05, 4.69) is 29.8 Å². The van der Waals surface area contributed by atoms with Crippen molar-refractivity contribution < 1.29 is 9.66 Å². The van der Waals surface area contributed by atoms with E-state index in [1.165, 1.54) is 6.07 Å². The molecule has 0 bridgehead atoms. The molecule has 0 amide bonds. The average molecular weight is 302 g/mol. The number of methoxy groups -OCH3 is 1. The summed E-state index contributed by atoms with van der Waals surface area (Å²) in [4.78, 5) is 10.8. The molecule has 0 saturated heterocycles. The van der Waals surface area contributed by atoms with Gasteiger partial charge in [-0.25, -0.2) is 0 Å². The van der Waals surface area contributed by atoms with Gasteiger partial charge in [0, 0.05) is 16.5 Å². The van der Waals surface area contributed by atoms with Gasteiger partial charge in [-0.2, -0.15) is 0 Å². The van der Waals surface area contributed by atoms with Gasteiger partial charge in [0.05, 0.1) is 12.0 Å². The van der Waals surface area contributed by atoms with Gasteiger partial charge >= 0.3 is 0 Å². The van der Waals surface area contributed by atoms with Crippen LogP contribution in [0.4, 0.5) is 5.69 Å². The van der Waals surface area contributed by atoms with Crippen LogP contribution >= 0.6 is 15.9 Å². The number of nitro benzene ring substituents is 1. The van der Waals surface area contributed by atoms with Crippen molar-refractivity contribution in [1.82, 2.24) is 0 Å². The number of nitro groups is 1. The van der Waals surface area contributed by atoms with Crippen molar-refractivity contribution in [3.05, 3.63) is 33.9 Å². The Bertz CT molecular complexity index is 407. The third kappa shape index (κ3) is 3.70. The normalized spacial score (nSPS) is 12.5. The van der Waals surface area contributed by atoms with Gasteiger partial charge in [-0.15, -0.1) is 0 Å². The lowest BCUT2D eigenvalue weighted by atomic mass is 10.0. The topological polar surface area (TPSA) is 52.4 Å². The maximum absolute atomic E-state index is 10.9. The van der Waals surface area contributed by atoms with E-state index in [0.717, 1.165) is 0 Å². The summed E-state index contributed by atoms with van der Waals surface area (Å²) in [5.41, 5.74) is 0.848. The van der Waals surface area contributed by atoms with E-state index in [4.69, 9.17) is 4.74 Å². The molecular weight excluding hydrogens is 286 g/mol. The summed E-state index contributed by atoms with van der Waals surface area (Å²) >= 11 is 3.55. The molecule has 1 aromatic carbocycles. The van der Waals surface area contributed by atoms with Crippen molar-refractivity contribution in [3.63, 3.8) is 0 Å². The Labute approximate surface area is 109 Å². The highest BCUT2D eigenvalue weighted by Crippen LogP contribution is 2.28. The van der Waals surface area contributed by atoms with E-state index in [1.807, 2.05) is 0 Å². The maximum atomic E-state index is 10.9. The fourth-order valence-corrected chi connectivity index (χ4v) is 1.83. The first-order valence-corrected chi connectivity index (χ1v) is 6.32. The second kappa shape index (κ2) is 6.00. The molecule has 0 N–H and O–H groups in total. The summed E-state index contributed by atoms with van der Waals surface area (Å²) in [5, 5.41) is 10.9. The molecule has 0 aliphatic carbocycles. The van der Waals surface area contributed by atoms with Crippen molar-refractivity contribution in [1.29, 1.82) is 0 Å². The second-order valence-electron chi connectivity index (χ2n) is 4.22. The molecule has 0 aromatic heterocycles. The summed E-state index contributed by atoms with van der Waals surface area (Å²) < 4.78 is 5.09. The van der Waals surface area contributed by atoms with Gasteiger partial charge < -0.3 is 4.74 Å². The molecule has 0 saturated carbocycles. The highest BCUT2D eigenvalue weighted by molar-refractivity contribution is 9.09. The highest BCUT2D eigenvalue weighted by Gasteiger charge is 2.19. The fraction of sp³-hybridized carbons (Fsp3) is 0.500. The molecule has 1 aromatic rings. The minimum Gasteiger partial charge on any atom is -0.497 e. The van der Waals surface area contributed by atoms with Crippen molar-refractivity contribution in [2.75, 3.05) is 7.11 Å². The van der Waals surface area contributed by atoms with Crippen LogP contribution in [0.15, 0.2) is 18.2 Å². The zero-order valence-corrected chi connectivity index (χ0v) is 11.7. The Morgan fingerprint density at radius 2 is 2.12 bits per heavy atom. The van der Waals surface area contributed by atoms with Crippen LogP contribution in [0.3, 0.4) is 0 Å². The molecule has 17 heavy (non-hydrogen) atoms. The molecule has 0 fully saturated rings. The Morgan fingerprint density at radius 3 is 2.59 bits per heavy atom. The molecule has 0 spiro atoms. The molecule has 1 atom stereocenters. The lowest BCUT2D eigenvalue weighted by molar-refractivity contribution is -0.385. The number of halogens is 1. The van der Waals surface area contributed by atoms with E-state index in [1.54, 1.807) is 19.2 Å². The Balaban J connectivity index is 3.05. The number of benzene rings is 1. The monoisotopic (exact) mass is 301 g/mol. The van der Waals surface area contributed by atoms with Crippen molar-refractivity contribution in [2.45, 2.75) is 25.1 Å². The van der Waals surface area contributed by atoms with Gasteiger partial charge in [0.15, 0.2) is 0 Å². The summed E-state index contributed by atoms with van der Waals surface area (Å²) in [6.07, 6.45) is 0.616. The lowest BCUT2D eigenvalue weighted by Crippen LogP contribution is -2.11. The first kappa shape index (κ1) is 14.0. The predicted molar refractivity (Wildman–Crippen MR) is 70.9 cm³/mol. The smallest absolute Gasteiger partial charge is 0.272 e. The number of alkyl halides is 1. The minimum absolute atomic E-state index is 0.149. The van der Waals surface area contributed by atoms with Crippen LogP contribution in [0.1, 0.15) is 19.4 Å². The molecule has 1 rings (SSSR count). The molecular formula is C12H16BrNO3. The van der Waals surface area contributed by atoms with Crippen molar-refractivity contribution in [3.8, 4) is 5.75 Å². The van der Waals surface area contributed by atoms with Crippen LogP contribution < -0.4 is 4.74 Å². The summed E-state index contributed by atoms with van der Waals surface area (Å²) in [6, 6.07) is 4.84. The van der Waals surface area contributed by atoms with Crippen LogP contribution in [0.2, 0.25) is 0 Å². The largest absolute Gasteiger partial charge is 0.497 e. The van der Waals surface area contributed by atoms with Crippen LogP contribution in [0, 0.1) is 16.0 Å². The van der Waals surface area contributed by atoms with Gasteiger partial charge in [-0.05, 0) is 24.5 Å². The minimum atomic E-state index is -0.352. The summed E-state index contributed by atoms with van der Waals surface area (Å²) in [7, 11) is 1.55. The van der Waals surface area contributed by atoms with Crippen molar-refractivity contribution >= 4 is 21.6 Å². The third-order valence-corrected chi connectivity index (χ3v) is 4.00. The van der Waals surface area contributed by atoms with Gasteiger partial charge in [0.25, 0.3) is 5.69 Å². The average Bonchev–Trinajstić information content (AvgIpc) is 2.28. The third-order valence-electron chi connectivity index (χ3n) is 2.62. The van der Waals surface area contributed by atoms with E-state index in [9.17, 15) is 10.1 Å². The summed E-state index contributed by atoms with van der Waals surface area (Å²) in [5.74, 6) is 1.06. The molecule has 4 nitrogen and oxygen atoms in total. The first-order chi connectivity index (χ1) is 7.95. The Kier molecular flexibility index (Phi) is 4.93. The van der Waals surface area contributed by atoms with E-state index in [0.29, 0.717) is 23.7 Å². The summed E-state index contributed by atoms with van der Waals surface area (Å²) in [6.45, 7) is 4.15. The SMILES string of the molecule is COc1ccc([N+](=O)[O-])c(CC(Br)C(C)C)c1. The fourth-order valence-electron chi connectivity index (χ4n) is 1.48. The Morgan fingerprint density at radius 1 is 1.47 bits per heavy atom.